The standard InChI is InChI=1S/C26H30N4O3/c1-5-17-7-6-8-18(12-17)23(31)26(33)30-20-9-10-21(16(4)11-20)19-13-22(24(27)28-14-19)25(32)29-15(2)3/h6-15,23,31H,5H2,1-4H3,(H2,27,28)(H,29,32)(H,30,33). The molecule has 5 N–H and O–H groups in total. The summed E-state index contributed by atoms with van der Waals surface area (Å²) in [5, 5.41) is 16.1. The number of rotatable bonds is 7. The molecule has 2 aromatic carbocycles. The lowest BCUT2D eigenvalue weighted by Gasteiger charge is -2.15. The van der Waals surface area contributed by atoms with E-state index in [1.165, 1.54) is 0 Å². The van der Waals surface area contributed by atoms with E-state index in [0.717, 1.165) is 28.7 Å². The summed E-state index contributed by atoms with van der Waals surface area (Å²) in [5.74, 6) is -0.615. The van der Waals surface area contributed by atoms with Crippen LogP contribution in [-0.4, -0.2) is 27.9 Å². The van der Waals surface area contributed by atoms with Crippen LogP contribution in [0.3, 0.4) is 0 Å². The predicted molar refractivity (Wildman–Crippen MR) is 131 cm³/mol. The Morgan fingerprint density at radius 1 is 1.12 bits per heavy atom. The zero-order chi connectivity index (χ0) is 24.1. The number of carbonyl (C=O) groups is 2. The van der Waals surface area contributed by atoms with Crippen LogP contribution in [0.15, 0.2) is 54.7 Å². The van der Waals surface area contributed by atoms with E-state index in [2.05, 4.69) is 15.6 Å². The number of nitrogens with one attached hydrogen (secondary N) is 2. The maximum Gasteiger partial charge on any atom is 0.257 e. The third-order valence-electron chi connectivity index (χ3n) is 5.31. The molecule has 0 aliphatic rings. The number of pyridine rings is 1. The number of aliphatic hydroxyl groups excluding tert-OH is 1. The first-order chi connectivity index (χ1) is 15.7. The molecule has 7 nitrogen and oxygen atoms in total. The first kappa shape index (κ1) is 23.9. The van der Waals surface area contributed by atoms with Gasteiger partial charge < -0.3 is 21.5 Å². The van der Waals surface area contributed by atoms with Crippen molar-refractivity contribution < 1.29 is 14.7 Å². The van der Waals surface area contributed by atoms with Crippen LogP contribution in [0.25, 0.3) is 11.1 Å². The maximum absolute atomic E-state index is 12.6. The molecule has 0 aliphatic carbocycles. The van der Waals surface area contributed by atoms with Crippen molar-refractivity contribution in [3.63, 3.8) is 0 Å². The lowest BCUT2D eigenvalue weighted by molar-refractivity contribution is -0.124. The van der Waals surface area contributed by atoms with Gasteiger partial charge in [-0.3, -0.25) is 9.59 Å². The van der Waals surface area contributed by atoms with Crippen molar-refractivity contribution in [3.8, 4) is 11.1 Å². The van der Waals surface area contributed by atoms with Gasteiger partial charge in [-0.25, -0.2) is 4.98 Å². The fourth-order valence-electron chi connectivity index (χ4n) is 3.55. The molecule has 1 heterocycles. The first-order valence-corrected chi connectivity index (χ1v) is 10.9. The van der Waals surface area contributed by atoms with E-state index in [9.17, 15) is 14.7 Å². The molecule has 1 atom stereocenters. The van der Waals surface area contributed by atoms with Gasteiger partial charge >= 0.3 is 0 Å². The molecule has 2 amide bonds. The number of nitrogen functional groups attached to an aromatic ring is 1. The van der Waals surface area contributed by atoms with Gasteiger partial charge in [0.05, 0.1) is 5.56 Å². The summed E-state index contributed by atoms with van der Waals surface area (Å²) < 4.78 is 0. The molecule has 172 valence electrons. The fourth-order valence-corrected chi connectivity index (χ4v) is 3.55. The van der Waals surface area contributed by atoms with E-state index in [1.807, 2.05) is 58.0 Å². The molecule has 0 fully saturated rings. The highest BCUT2D eigenvalue weighted by molar-refractivity contribution is 6.00. The second-order valence-electron chi connectivity index (χ2n) is 8.31. The minimum atomic E-state index is -1.26. The number of aryl methyl sites for hydroxylation is 2. The summed E-state index contributed by atoms with van der Waals surface area (Å²) in [4.78, 5) is 29.2. The van der Waals surface area contributed by atoms with Gasteiger partial charge in [-0.15, -0.1) is 0 Å². The molecule has 0 radical (unpaired) electrons. The molecular weight excluding hydrogens is 416 g/mol. The van der Waals surface area contributed by atoms with Crippen molar-refractivity contribution in [3.05, 3.63) is 77.0 Å². The Morgan fingerprint density at radius 3 is 2.55 bits per heavy atom. The van der Waals surface area contributed by atoms with Gasteiger partial charge in [-0.05, 0) is 67.6 Å². The summed E-state index contributed by atoms with van der Waals surface area (Å²) >= 11 is 0. The monoisotopic (exact) mass is 446 g/mol. The SMILES string of the molecule is CCc1cccc(C(O)C(=O)Nc2ccc(-c3cnc(N)c(C(=O)NC(C)C)c3)c(C)c2)c1. The molecule has 1 aromatic heterocycles. The first-order valence-electron chi connectivity index (χ1n) is 10.9. The van der Waals surface area contributed by atoms with Gasteiger partial charge in [0, 0.05) is 23.5 Å². The van der Waals surface area contributed by atoms with E-state index in [-0.39, 0.29) is 17.8 Å². The number of amides is 2. The number of nitrogens with zero attached hydrogens (tertiary/aromatic N) is 1. The minimum Gasteiger partial charge on any atom is -0.383 e. The zero-order valence-electron chi connectivity index (χ0n) is 19.3. The summed E-state index contributed by atoms with van der Waals surface area (Å²) in [6, 6.07) is 14.5. The second-order valence-corrected chi connectivity index (χ2v) is 8.31. The Balaban J connectivity index is 1.80. The third-order valence-corrected chi connectivity index (χ3v) is 5.31. The lowest BCUT2D eigenvalue weighted by Crippen LogP contribution is -2.30. The summed E-state index contributed by atoms with van der Waals surface area (Å²) in [6.07, 6.45) is 1.18. The number of anilines is 2. The number of hydrogen-bond acceptors (Lipinski definition) is 5. The van der Waals surface area contributed by atoms with Crippen LogP contribution in [0.5, 0.6) is 0 Å². The maximum atomic E-state index is 12.6. The zero-order valence-corrected chi connectivity index (χ0v) is 19.3. The highest BCUT2D eigenvalue weighted by atomic mass is 16.3. The van der Waals surface area contributed by atoms with Crippen LogP contribution in [0, 0.1) is 6.92 Å². The Kier molecular flexibility index (Phi) is 7.45. The quantitative estimate of drug-likeness (QED) is 0.437. The van der Waals surface area contributed by atoms with E-state index in [1.54, 1.807) is 24.4 Å². The van der Waals surface area contributed by atoms with Crippen molar-refractivity contribution in [1.82, 2.24) is 10.3 Å². The Bertz CT molecular complexity index is 1170. The molecule has 33 heavy (non-hydrogen) atoms. The Hall–Kier alpha value is -3.71. The summed E-state index contributed by atoms with van der Waals surface area (Å²) in [7, 11) is 0. The Morgan fingerprint density at radius 2 is 1.88 bits per heavy atom. The number of benzene rings is 2. The van der Waals surface area contributed by atoms with Crippen molar-refractivity contribution in [2.45, 2.75) is 46.3 Å². The number of carbonyl (C=O) groups excluding carboxylic acids is 2. The van der Waals surface area contributed by atoms with Crippen LogP contribution in [-0.2, 0) is 11.2 Å². The summed E-state index contributed by atoms with van der Waals surface area (Å²) in [5.41, 5.74) is 10.9. The number of hydrogen-bond donors (Lipinski definition) is 4. The van der Waals surface area contributed by atoms with Gasteiger partial charge in [-0.1, -0.05) is 37.3 Å². The van der Waals surface area contributed by atoms with Crippen molar-refractivity contribution in [1.29, 1.82) is 0 Å². The molecule has 1 unspecified atom stereocenters. The van der Waals surface area contributed by atoms with Crippen molar-refractivity contribution in [2.75, 3.05) is 11.1 Å². The minimum absolute atomic E-state index is 0.0232. The average Bonchev–Trinajstić information content (AvgIpc) is 2.78. The van der Waals surface area contributed by atoms with E-state index >= 15 is 0 Å². The smallest absolute Gasteiger partial charge is 0.257 e. The van der Waals surface area contributed by atoms with E-state index < -0.39 is 12.0 Å². The molecular formula is C26H30N4O3. The van der Waals surface area contributed by atoms with Gasteiger partial charge in [0.2, 0.25) is 0 Å². The van der Waals surface area contributed by atoms with Crippen LogP contribution >= 0.6 is 0 Å². The normalized spacial score (nSPS) is 11.8. The van der Waals surface area contributed by atoms with Gasteiger partial charge in [0.25, 0.3) is 11.8 Å². The molecule has 0 spiro atoms. The molecule has 0 saturated heterocycles. The third kappa shape index (κ3) is 5.75. The van der Waals surface area contributed by atoms with E-state index in [4.69, 9.17) is 5.73 Å². The Labute approximate surface area is 194 Å². The molecule has 3 rings (SSSR count). The fraction of sp³-hybridized carbons (Fsp3) is 0.269. The molecule has 0 saturated carbocycles. The summed E-state index contributed by atoms with van der Waals surface area (Å²) in [6.45, 7) is 7.67. The van der Waals surface area contributed by atoms with E-state index in [0.29, 0.717) is 16.8 Å². The van der Waals surface area contributed by atoms with Gasteiger partial charge in [0.1, 0.15) is 5.82 Å². The topological polar surface area (TPSA) is 117 Å². The lowest BCUT2D eigenvalue weighted by atomic mass is 9.99. The van der Waals surface area contributed by atoms with Gasteiger partial charge in [0.15, 0.2) is 6.10 Å². The molecule has 7 heteroatoms. The second kappa shape index (κ2) is 10.3. The molecule has 0 aliphatic heterocycles. The molecule has 3 aromatic rings. The average molecular weight is 447 g/mol. The van der Waals surface area contributed by atoms with Crippen LogP contribution in [0.2, 0.25) is 0 Å². The highest BCUT2D eigenvalue weighted by Crippen LogP contribution is 2.28. The predicted octanol–water partition coefficient (Wildman–Crippen LogP) is 4.01. The number of aromatic nitrogens is 1. The molecule has 0 bridgehead atoms. The number of aliphatic hydroxyl groups is 1. The number of nitrogens with two attached hydrogens (primary N) is 1. The van der Waals surface area contributed by atoms with Gasteiger partial charge in [-0.2, -0.15) is 0 Å². The van der Waals surface area contributed by atoms with Crippen molar-refractivity contribution >= 4 is 23.3 Å². The van der Waals surface area contributed by atoms with Crippen LogP contribution in [0.4, 0.5) is 11.5 Å². The van der Waals surface area contributed by atoms with Crippen LogP contribution in [0.1, 0.15) is 53.9 Å². The van der Waals surface area contributed by atoms with Crippen LogP contribution < -0.4 is 16.4 Å². The largest absolute Gasteiger partial charge is 0.383 e. The van der Waals surface area contributed by atoms with Crippen molar-refractivity contribution in [2.24, 2.45) is 0 Å². The highest BCUT2D eigenvalue weighted by Gasteiger charge is 2.19.